The van der Waals surface area contributed by atoms with E-state index in [1.807, 2.05) is 4.72 Å². The van der Waals surface area contributed by atoms with Gasteiger partial charge in [-0.2, -0.15) is 17.9 Å². The summed E-state index contributed by atoms with van der Waals surface area (Å²) in [6, 6.07) is 10.8. The number of para-hydroxylation sites is 1. The van der Waals surface area contributed by atoms with Crippen LogP contribution in [-0.4, -0.2) is 20.4 Å². The Labute approximate surface area is 142 Å². The highest BCUT2D eigenvalue weighted by Gasteiger charge is 2.37. The number of amides is 1. The predicted molar refractivity (Wildman–Crippen MR) is 86.3 cm³/mol. The summed E-state index contributed by atoms with van der Waals surface area (Å²) >= 11 is 0. The first-order valence-electron chi connectivity index (χ1n) is 7.16. The molecular weight excluding hydrogens is 357 g/mol. The Morgan fingerprint density at radius 1 is 1.00 bits per heavy atom. The highest BCUT2D eigenvalue weighted by Crippen LogP contribution is 2.33. The number of sulfonamides is 1. The van der Waals surface area contributed by atoms with Gasteiger partial charge in [0.05, 0.1) is 16.5 Å². The number of carbonyl (C=O) groups excluding carboxylic acids is 1. The van der Waals surface area contributed by atoms with E-state index < -0.39 is 38.6 Å². The van der Waals surface area contributed by atoms with E-state index in [1.54, 1.807) is 30.3 Å². The van der Waals surface area contributed by atoms with Crippen LogP contribution in [0.3, 0.4) is 0 Å². The van der Waals surface area contributed by atoms with Gasteiger partial charge >= 0.3 is 6.18 Å². The van der Waals surface area contributed by atoms with Gasteiger partial charge in [0, 0.05) is 5.69 Å². The zero-order valence-corrected chi connectivity index (χ0v) is 13.9. The number of carbonyl (C=O) groups is 1. The minimum Gasteiger partial charge on any atom is -0.325 e. The van der Waals surface area contributed by atoms with Crippen molar-refractivity contribution >= 4 is 21.6 Å². The van der Waals surface area contributed by atoms with Gasteiger partial charge in [-0.15, -0.1) is 0 Å². The molecule has 25 heavy (non-hydrogen) atoms. The van der Waals surface area contributed by atoms with Crippen LogP contribution in [0.5, 0.6) is 0 Å². The second-order valence-corrected chi connectivity index (χ2v) is 6.87. The Hall–Kier alpha value is -2.39. The third-order valence-corrected chi connectivity index (χ3v) is 4.85. The summed E-state index contributed by atoms with van der Waals surface area (Å²) in [5, 5.41) is 2.47. The van der Waals surface area contributed by atoms with Gasteiger partial charge in [-0.05, 0) is 31.2 Å². The Balaban J connectivity index is 2.20. The summed E-state index contributed by atoms with van der Waals surface area (Å²) < 4.78 is 65.5. The van der Waals surface area contributed by atoms with Crippen molar-refractivity contribution in [2.75, 3.05) is 5.32 Å². The van der Waals surface area contributed by atoms with Crippen LogP contribution in [0.4, 0.5) is 18.9 Å². The molecule has 1 atom stereocenters. The fourth-order valence-corrected chi connectivity index (χ4v) is 3.49. The van der Waals surface area contributed by atoms with Crippen molar-refractivity contribution in [2.45, 2.75) is 24.0 Å². The number of nitrogens with one attached hydrogen (secondary N) is 2. The lowest BCUT2D eigenvalue weighted by Crippen LogP contribution is -2.42. The fourth-order valence-electron chi connectivity index (χ4n) is 2.06. The summed E-state index contributed by atoms with van der Waals surface area (Å²) in [6.45, 7) is 1.24. The molecule has 0 saturated heterocycles. The van der Waals surface area contributed by atoms with Crippen LogP contribution in [-0.2, 0) is 21.0 Å². The number of rotatable bonds is 5. The minimum absolute atomic E-state index is 0.439. The lowest BCUT2D eigenvalue weighted by atomic mass is 10.2. The monoisotopic (exact) mass is 372 g/mol. The van der Waals surface area contributed by atoms with Gasteiger partial charge in [0.15, 0.2) is 0 Å². The van der Waals surface area contributed by atoms with Crippen molar-refractivity contribution < 1.29 is 26.4 Å². The fraction of sp³-hybridized carbons (Fsp3) is 0.188. The van der Waals surface area contributed by atoms with Gasteiger partial charge in [0.2, 0.25) is 15.9 Å². The van der Waals surface area contributed by atoms with Crippen molar-refractivity contribution in [3.8, 4) is 0 Å². The molecule has 134 valence electrons. The molecule has 0 bridgehead atoms. The second-order valence-electron chi connectivity index (χ2n) is 5.19. The van der Waals surface area contributed by atoms with Crippen molar-refractivity contribution in [2.24, 2.45) is 0 Å². The third kappa shape index (κ3) is 4.80. The van der Waals surface area contributed by atoms with E-state index >= 15 is 0 Å². The maximum absolute atomic E-state index is 13.0. The summed E-state index contributed by atoms with van der Waals surface area (Å²) in [4.78, 5) is 11.1. The van der Waals surface area contributed by atoms with Gasteiger partial charge in [-0.3, -0.25) is 4.79 Å². The van der Waals surface area contributed by atoms with Crippen molar-refractivity contribution in [1.29, 1.82) is 0 Å². The molecule has 9 heteroatoms. The standard InChI is InChI=1S/C16H15F3N2O3S/c1-11(15(22)20-12-7-3-2-4-8-12)21-25(23,24)14-10-6-5-9-13(14)16(17,18)19/h2-11,21H,1H3,(H,20,22). The topological polar surface area (TPSA) is 75.3 Å². The molecule has 0 aliphatic heterocycles. The van der Waals surface area contributed by atoms with Crippen molar-refractivity contribution in [3.63, 3.8) is 0 Å². The van der Waals surface area contributed by atoms with E-state index in [-0.39, 0.29) is 0 Å². The van der Waals surface area contributed by atoms with E-state index in [4.69, 9.17) is 0 Å². The number of benzene rings is 2. The van der Waals surface area contributed by atoms with Crippen molar-refractivity contribution in [3.05, 3.63) is 60.2 Å². The maximum atomic E-state index is 13.0. The molecule has 0 radical (unpaired) electrons. The molecular formula is C16H15F3N2O3S. The summed E-state index contributed by atoms with van der Waals surface area (Å²) in [5.41, 5.74) is -0.854. The first kappa shape index (κ1) is 18.9. The maximum Gasteiger partial charge on any atom is 0.417 e. The van der Waals surface area contributed by atoms with Gasteiger partial charge in [0.1, 0.15) is 0 Å². The molecule has 2 aromatic carbocycles. The SMILES string of the molecule is CC(NS(=O)(=O)c1ccccc1C(F)(F)F)C(=O)Nc1ccccc1. The number of hydrogen-bond acceptors (Lipinski definition) is 3. The summed E-state index contributed by atoms with van der Waals surface area (Å²) in [5.74, 6) is -0.695. The molecule has 0 aromatic heterocycles. The van der Waals surface area contributed by atoms with Crippen LogP contribution in [0.1, 0.15) is 12.5 Å². The molecule has 0 aliphatic rings. The Morgan fingerprint density at radius 2 is 1.56 bits per heavy atom. The summed E-state index contributed by atoms with van der Waals surface area (Å²) in [7, 11) is -4.54. The molecule has 0 fully saturated rings. The molecule has 1 unspecified atom stereocenters. The molecule has 1 amide bonds. The van der Waals surface area contributed by atoms with Crippen LogP contribution >= 0.6 is 0 Å². The van der Waals surface area contributed by atoms with E-state index in [0.29, 0.717) is 11.8 Å². The highest BCUT2D eigenvalue weighted by atomic mass is 32.2. The number of anilines is 1. The predicted octanol–water partition coefficient (Wildman–Crippen LogP) is 3.01. The van der Waals surface area contributed by atoms with Crippen LogP contribution in [0.25, 0.3) is 0 Å². The zero-order chi connectivity index (χ0) is 18.7. The first-order valence-corrected chi connectivity index (χ1v) is 8.64. The number of hydrogen-bond donors (Lipinski definition) is 2. The molecule has 0 spiro atoms. The van der Waals surface area contributed by atoms with Crippen LogP contribution in [0, 0.1) is 0 Å². The quantitative estimate of drug-likeness (QED) is 0.847. The van der Waals surface area contributed by atoms with Crippen molar-refractivity contribution in [1.82, 2.24) is 4.72 Å². The van der Waals surface area contributed by atoms with Crippen LogP contribution in [0.15, 0.2) is 59.5 Å². The zero-order valence-electron chi connectivity index (χ0n) is 13.0. The first-order chi connectivity index (χ1) is 11.6. The molecule has 2 aromatic rings. The van der Waals surface area contributed by atoms with Crippen LogP contribution in [0.2, 0.25) is 0 Å². The Bertz CT molecular complexity index is 852. The van der Waals surface area contributed by atoms with E-state index in [0.717, 1.165) is 12.1 Å². The van der Waals surface area contributed by atoms with E-state index in [1.165, 1.54) is 13.0 Å². The largest absolute Gasteiger partial charge is 0.417 e. The Kier molecular flexibility index (Phi) is 5.48. The van der Waals surface area contributed by atoms with Gasteiger partial charge in [0.25, 0.3) is 0 Å². The van der Waals surface area contributed by atoms with Gasteiger partial charge < -0.3 is 5.32 Å². The van der Waals surface area contributed by atoms with Crippen LogP contribution < -0.4 is 10.0 Å². The molecule has 0 saturated carbocycles. The Morgan fingerprint density at radius 3 is 2.16 bits per heavy atom. The average molecular weight is 372 g/mol. The lowest BCUT2D eigenvalue weighted by Gasteiger charge is -2.17. The lowest BCUT2D eigenvalue weighted by molar-refractivity contribution is -0.139. The third-order valence-electron chi connectivity index (χ3n) is 3.25. The average Bonchev–Trinajstić information content (AvgIpc) is 2.54. The normalized spacial score (nSPS) is 13.3. The van der Waals surface area contributed by atoms with Gasteiger partial charge in [-0.1, -0.05) is 30.3 Å². The summed E-state index contributed by atoms with van der Waals surface area (Å²) in [6.07, 6.45) is -4.83. The minimum atomic E-state index is -4.83. The van der Waals surface area contributed by atoms with Gasteiger partial charge in [-0.25, -0.2) is 8.42 Å². The number of halogens is 3. The molecule has 0 aliphatic carbocycles. The molecule has 5 nitrogen and oxygen atoms in total. The highest BCUT2D eigenvalue weighted by molar-refractivity contribution is 7.89. The number of alkyl halides is 3. The van der Waals surface area contributed by atoms with E-state index in [9.17, 15) is 26.4 Å². The smallest absolute Gasteiger partial charge is 0.325 e. The molecule has 2 N–H and O–H groups in total. The van der Waals surface area contributed by atoms with E-state index in [2.05, 4.69) is 5.32 Å². The molecule has 0 heterocycles. The second kappa shape index (κ2) is 7.24. The molecule has 2 rings (SSSR count).